The van der Waals surface area contributed by atoms with E-state index in [9.17, 15) is 13.2 Å². The van der Waals surface area contributed by atoms with Crippen molar-refractivity contribution in [3.05, 3.63) is 90.0 Å². The van der Waals surface area contributed by atoms with Crippen molar-refractivity contribution >= 4 is 5.69 Å². The monoisotopic (exact) mass is 359 g/mol. The summed E-state index contributed by atoms with van der Waals surface area (Å²) in [6, 6.07) is 21.3. The van der Waals surface area contributed by atoms with Gasteiger partial charge in [0.15, 0.2) is 5.75 Å². The van der Waals surface area contributed by atoms with Gasteiger partial charge in [0.05, 0.1) is 11.3 Å². The third-order valence-electron chi connectivity index (χ3n) is 3.55. The Hall–Kier alpha value is -3.15. The molecule has 0 aliphatic rings. The minimum atomic E-state index is -4.39. The van der Waals surface area contributed by atoms with E-state index >= 15 is 0 Å². The SMILES string of the molecule is FC(F)(F)c1cccc(NOc2ccc(OCc3ccccc3)cc2)c1. The summed E-state index contributed by atoms with van der Waals surface area (Å²) >= 11 is 0. The molecule has 0 aromatic heterocycles. The van der Waals surface area contributed by atoms with Crippen molar-refractivity contribution in [3.8, 4) is 11.5 Å². The van der Waals surface area contributed by atoms with Gasteiger partial charge in [-0.3, -0.25) is 0 Å². The molecule has 3 nitrogen and oxygen atoms in total. The van der Waals surface area contributed by atoms with Crippen molar-refractivity contribution in [1.82, 2.24) is 0 Å². The van der Waals surface area contributed by atoms with Crippen LogP contribution < -0.4 is 15.1 Å². The normalized spacial score (nSPS) is 11.0. The zero-order valence-electron chi connectivity index (χ0n) is 13.7. The summed E-state index contributed by atoms with van der Waals surface area (Å²) in [4.78, 5) is 5.30. The van der Waals surface area contributed by atoms with Crippen LogP contribution in [-0.4, -0.2) is 0 Å². The van der Waals surface area contributed by atoms with Gasteiger partial charge >= 0.3 is 6.18 Å². The summed E-state index contributed by atoms with van der Waals surface area (Å²) in [6.07, 6.45) is -4.39. The van der Waals surface area contributed by atoms with Crippen LogP contribution in [0.3, 0.4) is 0 Å². The van der Waals surface area contributed by atoms with Gasteiger partial charge in [-0.15, -0.1) is 0 Å². The quantitative estimate of drug-likeness (QED) is 0.574. The fraction of sp³-hybridized carbons (Fsp3) is 0.100. The summed E-state index contributed by atoms with van der Waals surface area (Å²) in [6.45, 7) is 0.448. The molecule has 3 rings (SSSR count). The van der Waals surface area contributed by atoms with Gasteiger partial charge in [0.2, 0.25) is 0 Å². The molecule has 0 saturated carbocycles. The van der Waals surface area contributed by atoms with Crippen LogP contribution >= 0.6 is 0 Å². The second-order valence-corrected chi connectivity index (χ2v) is 5.53. The van der Waals surface area contributed by atoms with Crippen LogP contribution in [0.25, 0.3) is 0 Å². The van der Waals surface area contributed by atoms with Gasteiger partial charge in [0.1, 0.15) is 12.4 Å². The topological polar surface area (TPSA) is 30.5 Å². The summed E-state index contributed by atoms with van der Waals surface area (Å²) in [5.74, 6) is 1.12. The maximum absolute atomic E-state index is 12.7. The van der Waals surface area contributed by atoms with Crippen LogP contribution in [0.5, 0.6) is 11.5 Å². The molecule has 0 fully saturated rings. The number of anilines is 1. The highest BCUT2D eigenvalue weighted by Crippen LogP contribution is 2.30. The fourth-order valence-corrected chi connectivity index (χ4v) is 2.22. The zero-order chi connectivity index (χ0) is 18.4. The van der Waals surface area contributed by atoms with Gasteiger partial charge in [0.25, 0.3) is 0 Å². The Bertz CT molecular complexity index is 834. The summed E-state index contributed by atoms with van der Waals surface area (Å²) in [5, 5.41) is 0. The molecule has 0 aliphatic carbocycles. The molecule has 6 heteroatoms. The molecule has 0 unspecified atom stereocenters. The number of alkyl halides is 3. The highest BCUT2D eigenvalue weighted by molar-refractivity contribution is 5.45. The Morgan fingerprint density at radius 3 is 2.15 bits per heavy atom. The van der Waals surface area contributed by atoms with Crippen LogP contribution in [-0.2, 0) is 12.8 Å². The minimum Gasteiger partial charge on any atom is -0.489 e. The molecule has 3 aromatic rings. The Morgan fingerprint density at radius 2 is 1.46 bits per heavy atom. The van der Waals surface area contributed by atoms with Crippen molar-refractivity contribution in [2.24, 2.45) is 0 Å². The maximum atomic E-state index is 12.7. The second-order valence-electron chi connectivity index (χ2n) is 5.53. The molecular formula is C20H16F3NO2. The van der Waals surface area contributed by atoms with Gasteiger partial charge in [0, 0.05) is 0 Å². The van der Waals surface area contributed by atoms with Crippen molar-refractivity contribution < 1.29 is 22.7 Å². The molecule has 0 spiro atoms. The third kappa shape index (κ3) is 4.92. The molecule has 0 bridgehead atoms. The smallest absolute Gasteiger partial charge is 0.416 e. The van der Waals surface area contributed by atoms with E-state index in [4.69, 9.17) is 9.57 Å². The molecule has 134 valence electrons. The van der Waals surface area contributed by atoms with Crippen LogP contribution in [0.15, 0.2) is 78.9 Å². The van der Waals surface area contributed by atoms with Crippen molar-refractivity contribution in [3.63, 3.8) is 0 Å². The van der Waals surface area contributed by atoms with E-state index in [0.29, 0.717) is 18.1 Å². The van der Waals surface area contributed by atoms with Gasteiger partial charge in [-0.05, 0) is 48.0 Å². The van der Waals surface area contributed by atoms with E-state index < -0.39 is 11.7 Å². The predicted molar refractivity (Wildman–Crippen MR) is 92.9 cm³/mol. The molecule has 1 N–H and O–H groups in total. The first kappa shape index (κ1) is 17.7. The second kappa shape index (κ2) is 7.82. The lowest BCUT2D eigenvalue weighted by atomic mass is 10.2. The maximum Gasteiger partial charge on any atom is 0.416 e. The molecule has 3 aromatic carbocycles. The van der Waals surface area contributed by atoms with Gasteiger partial charge in [-0.25, -0.2) is 5.48 Å². The largest absolute Gasteiger partial charge is 0.489 e. The predicted octanol–water partition coefficient (Wildman–Crippen LogP) is 5.69. The molecule has 0 amide bonds. The van der Waals surface area contributed by atoms with Crippen molar-refractivity contribution in [1.29, 1.82) is 0 Å². The molecule has 0 radical (unpaired) electrons. The summed E-state index contributed by atoms with van der Waals surface area (Å²) < 4.78 is 43.7. The van der Waals surface area contributed by atoms with E-state index in [0.717, 1.165) is 17.7 Å². The minimum absolute atomic E-state index is 0.212. The van der Waals surface area contributed by atoms with E-state index in [1.54, 1.807) is 24.3 Å². The van der Waals surface area contributed by atoms with Crippen molar-refractivity contribution in [2.45, 2.75) is 12.8 Å². The van der Waals surface area contributed by atoms with E-state index in [2.05, 4.69) is 5.48 Å². The number of ether oxygens (including phenoxy) is 1. The van der Waals surface area contributed by atoms with Crippen LogP contribution in [0, 0.1) is 0 Å². The number of halogens is 3. The average molecular weight is 359 g/mol. The van der Waals surface area contributed by atoms with Crippen LogP contribution in [0.1, 0.15) is 11.1 Å². The standard InChI is InChI=1S/C20H16F3NO2/c21-20(22,23)16-7-4-8-17(13-16)24-26-19-11-9-18(10-12-19)25-14-15-5-2-1-3-6-15/h1-13,24H,14H2. The lowest BCUT2D eigenvalue weighted by Gasteiger charge is -2.12. The first-order valence-electron chi connectivity index (χ1n) is 7.87. The lowest BCUT2D eigenvalue weighted by molar-refractivity contribution is -0.137. The van der Waals surface area contributed by atoms with E-state index in [-0.39, 0.29) is 5.69 Å². The first-order valence-corrected chi connectivity index (χ1v) is 7.87. The highest BCUT2D eigenvalue weighted by Gasteiger charge is 2.30. The highest BCUT2D eigenvalue weighted by atomic mass is 19.4. The van der Waals surface area contributed by atoms with E-state index in [1.807, 2.05) is 30.3 Å². The molecule has 26 heavy (non-hydrogen) atoms. The number of rotatable bonds is 6. The number of nitrogens with one attached hydrogen (secondary N) is 1. The zero-order valence-corrected chi connectivity index (χ0v) is 13.7. The Morgan fingerprint density at radius 1 is 0.769 bits per heavy atom. The molecule has 0 saturated heterocycles. The molecule has 0 atom stereocenters. The Kier molecular flexibility index (Phi) is 5.31. The molecule has 0 heterocycles. The molecular weight excluding hydrogens is 343 g/mol. The van der Waals surface area contributed by atoms with Crippen LogP contribution in [0.4, 0.5) is 18.9 Å². The number of hydrogen-bond acceptors (Lipinski definition) is 3. The van der Waals surface area contributed by atoms with Crippen molar-refractivity contribution in [2.75, 3.05) is 5.48 Å². The van der Waals surface area contributed by atoms with E-state index in [1.165, 1.54) is 12.1 Å². The van der Waals surface area contributed by atoms with Gasteiger partial charge in [-0.2, -0.15) is 13.2 Å². The Balaban J connectivity index is 1.55. The fourth-order valence-electron chi connectivity index (χ4n) is 2.22. The summed E-state index contributed by atoms with van der Waals surface area (Å²) in [7, 11) is 0. The lowest BCUT2D eigenvalue weighted by Crippen LogP contribution is -2.08. The number of benzene rings is 3. The van der Waals surface area contributed by atoms with Gasteiger partial charge in [-0.1, -0.05) is 36.4 Å². The third-order valence-corrected chi connectivity index (χ3v) is 3.55. The van der Waals surface area contributed by atoms with Crippen LogP contribution in [0.2, 0.25) is 0 Å². The average Bonchev–Trinajstić information content (AvgIpc) is 2.66. The summed E-state index contributed by atoms with van der Waals surface area (Å²) in [5.41, 5.74) is 3.04. The Labute approximate surface area is 149 Å². The first-order chi connectivity index (χ1) is 12.5. The number of hydrogen-bond donors (Lipinski definition) is 1. The van der Waals surface area contributed by atoms with Gasteiger partial charge < -0.3 is 9.57 Å². The molecule has 0 aliphatic heterocycles.